The molecule has 0 spiro atoms. The molecule has 1 heterocycles. The highest BCUT2D eigenvalue weighted by molar-refractivity contribution is 5.93. The van der Waals surface area contributed by atoms with Crippen molar-refractivity contribution in [2.24, 2.45) is 5.92 Å². The van der Waals surface area contributed by atoms with Crippen LogP contribution in [0.3, 0.4) is 0 Å². The number of amides is 1. The number of carboxylic acids is 1. The molecule has 2 atom stereocenters. The molecule has 0 aliphatic heterocycles. The number of nitrogens with one attached hydrogen (secondary N) is 1. The molecule has 150 valence electrons. The topological polar surface area (TPSA) is 106 Å². The number of rotatable bonds is 7. The zero-order chi connectivity index (χ0) is 20.3. The number of aliphatic carboxylic acids is 1. The summed E-state index contributed by atoms with van der Waals surface area (Å²) in [6.07, 6.45) is 2.37. The number of hydrogen-bond acceptors (Lipinski definition) is 5. The van der Waals surface area contributed by atoms with Crippen LogP contribution in [-0.2, 0) is 11.2 Å². The normalized spacial score (nSPS) is 19.0. The maximum absolute atomic E-state index is 12.7. The molecular formula is C20H26N4O4. The van der Waals surface area contributed by atoms with Crippen LogP contribution in [0.25, 0.3) is 5.69 Å². The second-order valence-electron chi connectivity index (χ2n) is 7.33. The number of carbonyl (C=O) groups excluding carboxylic acids is 1. The fourth-order valence-electron chi connectivity index (χ4n) is 3.53. The molecule has 0 radical (unpaired) electrons. The number of nitrogens with zero attached hydrogens (tertiary/aromatic N) is 3. The van der Waals surface area contributed by atoms with Crippen LogP contribution >= 0.6 is 0 Å². The highest BCUT2D eigenvalue weighted by Crippen LogP contribution is 2.26. The molecule has 0 unspecified atom stereocenters. The van der Waals surface area contributed by atoms with Gasteiger partial charge in [-0.2, -0.15) is 0 Å². The molecule has 1 aromatic heterocycles. The largest absolute Gasteiger partial charge is 0.491 e. The molecule has 0 saturated heterocycles. The number of hydrogen-bond donors (Lipinski definition) is 2. The molecule has 2 aromatic rings. The summed E-state index contributed by atoms with van der Waals surface area (Å²) in [5.74, 6) is -0.733. The second-order valence-corrected chi connectivity index (χ2v) is 7.33. The Hall–Kier alpha value is -2.90. The van der Waals surface area contributed by atoms with E-state index < -0.39 is 11.9 Å². The third-order valence-electron chi connectivity index (χ3n) is 4.88. The molecule has 2 N–H and O–H groups in total. The number of aromatic nitrogens is 3. The molecule has 0 bridgehead atoms. The van der Waals surface area contributed by atoms with Crippen molar-refractivity contribution in [2.45, 2.75) is 58.6 Å². The maximum atomic E-state index is 12.7. The highest BCUT2D eigenvalue weighted by Gasteiger charge is 2.31. The van der Waals surface area contributed by atoms with Crippen LogP contribution in [0.5, 0.6) is 5.75 Å². The average molecular weight is 386 g/mol. The molecule has 1 aliphatic rings. The lowest BCUT2D eigenvalue weighted by Gasteiger charge is -2.12. The van der Waals surface area contributed by atoms with Gasteiger partial charge in [0.05, 0.1) is 23.4 Å². The minimum Gasteiger partial charge on any atom is -0.491 e. The summed E-state index contributed by atoms with van der Waals surface area (Å²) in [6.45, 7) is 5.88. The Kier molecular flexibility index (Phi) is 5.96. The summed E-state index contributed by atoms with van der Waals surface area (Å²) in [4.78, 5) is 23.8. The number of carboxylic acid groups (broad SMARTS) is 1. The first kappa shape index (κ1) is 19.9. The lowest BCUT2D eigenvalue weighted by Crippen LogP contribution is -2.34. The maximum Gasteiger partial charge on any atom is 0.306 e. The van der Waals surface area contributed by atoms with Crippen molar-refractivity contribution in [2.75, 3.05) is 0 Å². The van der Waals surface area contributed by atoms with Crippen molar-refractivity contribution in [1.82, 2.24) is 20.3 Å². The Labute approximate surface area is 163 Å². The van der Waals surface area contributed by atoms with E-state index >= 15 is 0 Å². The van der Waals surface area contributed by atoms with Gasteiger partial charge >= 0.3 is 5.97 Å². The Balaban J connectivity index is 1.74. The second kappa shape index (κ2) is 8.41. The molecule has 3 rings (SSSR count). The van der Waals surface area contributed by atoms with Crippen molar-refractivity contribution in [3.05, 3.63) is 35.7 Å². The van der Waals surface area contributed by atoms with Gasteiger partial charge in [-0.25, -0.2) is 4.68 Å². The summed E-state index contributed by atoms with van der Waals surface area (Å²) >= 11 is 0. The monoisotopic (exact) mass is 386 g/mol. The summed E-state index contributed by atoms with van der Waals surface area (Å²) in [6, 6.07) is 7.33. The molecule has 28 heavy (non-hydrogen) atoms. The predicted molar refractivity (Wildman–Crippen MR) is 103 cm³/mol. The van der Waals surface area contributed by atoms with Crippen LogP contribution in [0.15, 0.2) is 24.3 Å². The standard InChI is InChI=1S/C20H26N4O4/c1-4-17-18(19(25)21-14-6-5-13(11-14)20(26)27)22-23-24(17)15-7-9-16(10-8-15)28-12(2)3/h7-10,12-14H,4-6,11H2,1-3H3,(H,21,25)(H,26,27)/t13-,14+/m0/s1. The van der Waals surface area contributed by atoms with E-state index in [0.717, 1.165) is 11.4 Å². The van der Waals surface area contributed by atoms with Crippen molar-refractivity contribution >= 4 is 11.9 Å². The van der Waals surface area contributed by atoms with Crippen molar-refractivity contribution in [1.29, 1.82) is 0 Å². The minimum absolute atomic E-state index is 0.0926. The van der Waals surface area contributed by atoms with Crippen LogP contribution in [0.4, 0.5) is 0 Å². The van der Waals surface area contributed by atoms with Crippen LogP contribution in [0.1, 0.15) is 56.2 Å². The van der Waals surface area contributed by atoms with Gasteiger partial charge in [-0.05, 0) is 63.8 Å². The molecular weight excluding hydrogens is 360 g/mol. The number of benzene rings is 1. The van der Waals surface area contributed by atoms with Gasteiger partial charge < -0.3 is 15.2 Å². The van der Waals surface area contributed by atoms with Crippen LogP contribution < -0.4 is 10.1 Å². The van der Waals surface area contributed by atoms with Gasteiger partial charge in [0, 0.05) is 6.04 Å². The minimum atomic E-state index is -0.804. The zero-order valence-corrected chi connectivity index (χ0v) is 16.4. The van der Waals surface area contributed by atoms with E-state index in [4.69, 9.17) is 9.84 Å². The summed E-state index contributed by atoms with van der Waals surface area (Å²) in [7, 11) is 0. The first-order valence-corrected chi connectivity index (χ1v) is 9.64. The molecule has 8 nitrogen and oxygen atoms in total. The first-order chi connectivity index (χ1) is 13.4. The van der Waals surface area contributed by atoms with Gasteiger partial charge in [0.1, 0.15) is 5.75 Å². The van der Waals surface area contributed by atoms with Crippen molar-refractivity contribution in [3.8, 4) is 11.4 Å². The van der Waals surface area contributed by atoms with E-state index in [-0.39, 0.29) is 23.7 Å². The number of carbonyl (C=O) groups is 2. The Bertz CT molecular complexity index is 844. The fourth-order valence-corrected chi connectivity index (χ4v) is 3.53. The van der Waals surface area contributed by atoms with Crippen molar-refractivity contribution in [3.63, 3.8) is 0 Å². The predicted octanol–water partition coefficient (Wildman–Crippen LogP) is 2.60. The lowest BCUT2D eigenvalue weighted by molar-refractivity contribution is -0.141. The average Bonchev–Trinajstić information content (AvgIpc) is 3.28. The third-order valence-corrected chi connectivity index (χ3v) is 4.88. The molecule has 1 fully saturated rings. The lowest BCUT2D eigenvalue weighted by atomic mass is 10.1. The zero-order valence-electron chi connectivity index (χ0n) is 16.4. The summed E-state index contributed by atoms with van der Waals surface area (Å²) in [5, 5.41) is 20.3. The molecule has 8 heteroatoms. The first-order valence-electron chi connectivity index (χ1n) is 9.64. The smallest absolute Gasteiger partial charge is 0.306 e. The van der Waals surface area contributed by atoms with Gasteiger partial charge in [0.2, 0.25) is 0 Å². The Morgan fingerprint density at radius 2 is 2.00 bits per heavy atom. The third kappa shape index (κ3) is 4.32. The SMILES string of the molecule is CCc1c(C(=O)N[C@@H]2CC[C@H](C(=O)O)C2)nnn1-c1ccc(OC(C)C)cc1. The van der Waals surface area contributed by atoms with Crippen LogP contribution in [0.2, 0.25) is 0 Å². The van der Waals surface area contributed by atoms with Gasteiger partial charge in [-0.3, -0.25) is 9.59 Å². The van der Waals surface area contributed by atoms with E-state index in [1.165, 1.54) is 0 Å². The highest BCUT2D eigenvalue weighted by atomic mass is 16.5. The number of ether oxygens (including phenoxy) is 1. The van der Waals surface area contributed by atoms with Gasteiger partial charge in [0.15, 0.2) is 5.69 Å². The van der Waals surface area contributed by atoms with E-state index in [0.29, 0.717) is 31.4 Å². The molecule has 1 amide bonds. The quantitative estimate of drug-likeness (QED) is 0.758. The fraction of sp³-hybridized carbons (Fsp3) is 0.500. The van der Waals surface area contributed by atoms with Crippen LogP contribution in [-0.4, -0.2) is 44.1 Å². The molecule has 1 aromatic carbocycles. The molecule has 1 aliphatic carbocycles. The summed E-state index contributed by atoms with van der Waals surface area (Å²) < 4.78 is 7.31. The van der Waals surface area contributed by atoms with E-state index in [1.807, 2.05) is 45.0 Å². The van der Waals surface area contributed by atoms with E-state index in [1.54, 1.807) is 4.68 Å². The Morgan fingerprint density at radius 3 is 2.57 bits per heavy atom. The van der Waals surface area contributed by atoms with Crippen LogP contribution in [0, 0.1) is 5.92 Å². The molecule has 1 saturated carbocycles. The van der Waals surface area contributed by atoms with Gasteiger partial charge in [-0.1, -0.05) is 12.1 Å². The van der Waals surface area contributed by atoms with E-state index in [2.05, 4.69) is 15.6 Å². The van der Waals surface area contributed by atoms with E-state index in [9.17, 15) is 9.59 Å². The van der Waals surface area contributed by atoms with Gasteiger partial charge in [0.25, 0.3) is 5.91 Å². The van der Waals surface area contributed by atoms with Gasteiger partial charge in [-0.15, -0.1) is 5.10 Å². The summed E-state index contributed by atoms with van der Waals surface area (Å²) in [5.41, 5.74) is 1.79. The van der Waals surface area contributed by atoms with Crippen molar-refractivity contribution < 1.29 is 19.4 Å². The Morgan fingerprint density at radius 1 is 1.29 bits per heavy atom.